The zero-order valence-electron chi connectivity index (χ0n) is 10.3. The van der Waals surface area contributed by atoms with Crippen LogP contribution in [0.3, 0.4) is 0 Å². The smallest absolute Gasteiger partial charge is 0.332 e. The lowest BCUT2D eigenvalue weighted by molar-refractivity contribution is -0.149. The van der Waals surface area contributed by atoms with Crippen LogP contribution in [0.4, 0.5) is 0 Å². The number of halogens is 1. The molecule has 1 fully saturated rings. The molecule has 1 N–H and O–H groups in total. The van der Waals surface area contributed by atoms with Crippen LogP contribution in [0.1, 0.15) is 12.8 Å². The molecule has 2 aromatic rings. The highest BCUT2D eigenvalue weighted by atomic mass is 35.5. The van der Waals surface area contributed by atoms with Gasteiger partial charge in [-0.2, -0.15) is 0 Å². The van der Waals surface area contributed by atoms with E-state index < -0.39 is 12.1 Å². The summed E-state index contributed by atoms with van der Waals surface area (Å²) in [5.41, 5.74) is 1.09. The minimum atomic E-state index is -0.869. The Morgan fingerprint density at radius 3 is 3.00 bits per heavy atom. The van der Waals surface area contributed by atoms with Crippen molar-refractivity contribution >= 4 is 28.5 Å². The van der Waals surface area contributed by atoms with Crippen LogP contribution in [0.2, 0.25) is 5.02 Å². The maximum absolute atomic E-state index is 10.9. The van der Waals surface area contributed by atoms with Crippen molar-refractivity contribution in [2.45, 2.75) is 31.6 Å². The van der Waals surface area contributed by atoms with E-state index in [0.29, 0.717) is 18.0 Å². The summed E-state index contributed by atoms with van der Waals surface area (Å²) in [6.07, 6.45) is 2.67. The minimum absolute atomic E-state index is 0.0348. The van der Waals surface area contributed by atoms with E-state index in [1.54, 1.807) is 0 Å². The van der Waals surface area contributed by atoms with E-state index >= 15 is 0 Å². The van der Waals surface area contributed by atoms with Crippen molar-refractivity contribution in [3.8, 4) is 0 Å². The van der Waals surface area contributed by atoms with Gasteiger partial charge in [0, 0.05) is 28.7 Å². The van der Waals surface area contributed by atoms with Gasteiger partial charge in [-0.25, -0.2) is 4.79 Å². The summed E-state index contributed by atoms with van der Waals surface area (Å²) >= 11 is 5.95. The number of carbonyl (C=O) groups is 1. The number of hydrogen-bond donors (Lipinski definition) is 1. The van der Waals surface area contributed by atoms with Crippen LogP contribution in [0.25, 0.3) is 10.9 Å². The van der Waals surface area contributed by atoms with Gasteiger partial charge in [0.2, 0.25) is 0 Å². The zero-order valence-corrected chi connectivity index (χ0v) is 11.0. The van der Waals surface area contributed by atoms with Gasteiger partial charge in [-0.15, -0.1) is 0 Å². The van der Waals surface area contributed by atoms with Crippen molar-refractivity contribution in [2.24, 2.45) is 0 Å². The number of carboxylic acid groups (broad SMARTS) is 1. The molecule has 1 aromatic carbocycles. The summed E-state index contributed by atoms with van der Waals surface area (Å²) in [7, 11) is 0. The average Bonchev–Trinajstić information content (AvgIpc) is 2.97. The molecule has 0 radical (unpaired) electrons. The summed E-state index contributed by atoms with van der Waals surface area (Å²) < 4.78 is 7.61. The Morgan fingerprint density at radius 1 is 1.42 bits per heavy atom. The van der Waals surface area contributed by atoms with Crippen LogP contribution < -0.4 is 0 Å². The molecule has 100 valence electrons. The van der Waals surface area contributed by atoms with Crippen molar-refractivity contribution in [3.63, 3.8) is 0 Å². The predicted octanol–water partition coefficient (Wildman–Crippen LogP) is 2.93. The van der Waals surface area contributed by atoms with Crippen LogP contribution in [0, 0.1) is 0 Å². The fraction of sp³-hybridized carbons (Fsp3) is 0.357. The molecule has 0 bridgehead atoms. The summed E-state index contributed by atoms with van der Waals surface area (Å²) in [4.78, 5) is 10.9. The highest BCUT2D eigenvalue weighted by Crippen LogP contribution is 2.25. The second-order valence-corrected chi connectivity index (χ2v) is 5.27. The number of hydrogen-bond acceptors (Lipinski definition) is 2. The van der Waals surface area contributed by atoms with Gasteiger partial charge in [-0.3, -0.25) is 0 Å². The standard InChI is InChI=1S/C14H14ClNO3/c15-10-1-3-12-9(7-10)5-6-16(12)8-11-2-4-13(19-11)14(17)18/h1,3,5-7,11,13H,2,4,8H2,(H,17,18). The molecule has 1 aromatic heterocycles. The van der Waals surface area contributed by atoms with Crippen molar-refractivity contribution < 1.29 is 14.6 Å². The molecule has 2 atom stereocenters. The molecule has 0 saturated carbocycles. The summed E-state index contributed by atoms with van der Waals surface area (Å²) in [6, 6.07) is 7.75. The van der Waals surface area contributed by atoms with Gasteiger partial charge in [0.15, 0.2) is 6.10 Å². The molecular weight excluding hydrogens is 266 g/mol. The van der Waals surface area contributed by atoms with Gasteiger partial charge in [0.1, 0.15) is 0 Å². The Kier molecular flexibility index (Phi) is 3.21. The molecule has 2 unspecified atom stereocenters. The monoisotopic (exact) mass is 279 g/mol. The van der Waals surface area contributed by atoms with Crippen molar-refractivity contribution in [1.29, 1.82) is 0 Å². The number of benzene rings is 1. The number of aliphatic carboxylic acids is 1. The lowest BCUT2D eigenvalue weighted by Gasteiger charge is -2.13. The van der Waals surface area contributed by atoms with E-state index in [1.807, 2.05) is 30.5 Å². The quantitative estimate of drug-likeness (QED) is 0.940. The first-order valence-electron chi connectivity index (χ1n) is 6.26. The maximum atomic E-state index is 10.9. The highest BCUT2D eigenvalue weighted by molar-refractivity contribution is 6.31. The molecular formula is C14H14ClNO3. The van der Waals surface area contributed by atoms with E-state index in [9.17, 15) is 4.79 Å². The SMILES string of the molecule is O=C(O)C1CCC(Cn2ccc3cc(Cl)ccc32)O1. The normalized spacial score (nSPS) is 23.0. The average molecular weight is 280 g/mol. The molecule has 4 nitrogen and oxygen atoms in total. The second-order valence-electron chi connectivity index (χ2n) is 4.83. The molecule has 1 saturated heterocycles. The Hall–Kier alpha value is -1.52. The van der Waals surface area contributed by atoms with Gasteiger partial charge in [0.05, 0.1) is 6.10 Å². The third-order valence-corrected chi connectivity index (χ3v) is 3.75. The van der Waals surface area contributed by atoms with Crippen LogP contribution in [0.5, 0.6) is 0 Å². The molecule has 3 rings (SSSR count). The van der Waals surface area contributed by atoms with E-state index in [1.165, 1.54) is 0 Å². The molecule has 1 aliphatic rings. The third kappa shape index (κ3) is 2.46. The number of ether oxygens (including phenoxy) is 1. The van der Waals surface area contributed by atoms with Crippen LogP contribution >= 0.6 is 11.6 Å². The molecule has 0 spiro atoms. The zero-order chi connectivity index (χ0) is 13.4. The van der Waals surface area contributed by atoms with Crippen molar-refractivity contribution in [3.05, 3.63) is 35.5 Å². The fourth-order valence-electron chi connectivity index (χ4n) is 2.57. The molecule has 5 heteroatoms. The Labute approximate surface area is 115 Å². The molecule has 19 heavy (non-hydrogen) atoms. The Morgan fingerprint density at radius 2 is 2.26 bits per heavy atom. The summed E-state index contributed by atoms with van der Waals surface area (Å²) in [6.45, 7) is 0.676. The summed E-state index contributed by atoms with van der Waals surface area (Å²) in [5.74, 6) is -0.869. The second kappa shape index (κ2) is 4.87. The molecule has 0 aliphatic carbocycles. The van der Waals surface area contributed by atoms with E-state index in [0.717, 1.165) is 17.3 Å². The first-order valence-corrected chi connectivity index (χ1v) is 6.64. The molecule has 0 amide bonds. The topological polar surface area (TPSA) is 51.5 Å². The van der Waals surface area contributed by atoms with Gasteiger partial charge in [-0.05, 0) is 37.1 Å². The van der Waals surface area contributed by atoms with Crippen molar-refractivity contribution in [1.82, 2.24) is 4.57 Å². The number of rotatable bonds is 3. The fourth-order valence-corrected chi connectivity index (χ4v) is 2.75. The first kappa shape index (κ1) is 12.5. The lowest BCUT2D eigenvalue weighted by Crippen LogP contribution is -2.22. The Bertz CT molecular complexity index is 622. The predicted molar refractivity (Wildman–Crippen MR) is 72.5 cm³/mol. The summed E-state index contributed by atoms with van der Waals surface area (Å²) in [5, 5.41) is 10.7. The van der Waals surface area contributed by atoms with Crippen LogP contribution in [-0.4, -0.2) is 27.9 Å². The Balaban J connectivity index is 1.77. The largest absolute Gasteiger partial charge is 0.479 e. The highest BCUT2D eigenvalue weighted by Gasteiger charge is 2.30. The first-order chi connectivity index (χ1) is 9.13. The molecule has 1 aliphatic heterocycles. The third-order valence-electron chi connectivity index (χ3n) is 3.52. The van der Waals surface area contributed by atoms with E-state index in [-0.39, 0.29) is 6.10 Å². The molecule has 2 heterocycles. The number of fused-ring (bicyclic) bond motifs is 1. The lowest BCUT2D eigenvalue weighted by atomic mass is 10.2. The number of carboxylic acids is 1. The number of nitrogens with zero attached hydrogens (tertiary/aromatic N) is 1. The maximum Gasteiger partial charge on any atom is 0.332 e. The number of aromatic nitrogens is 1. The van der Waals surface area contributed by atoms with E-state index in [4.69, 9.17) is 21.4 Å². The van der Waals surface area contributed by atoms with E-state index in [2.05, 4.69) is 4.57 Å². The van der Waals surface area contributed by atoms with Gasteiger partial charge in [-0.1, -0.05) is 11.6 Å². The van der Waals surface area contributed by atoms with Gasteiger partial charge in [0.25, 0.3) is 0 Å². The van der Waals surface area contributed by atoms with Gasteiger partial charge < -0.3 is 14.4 Å². The van der Waals surface area contributed by atoms with Crippen molar-refractivity contribution in [2.75, 3.05) is 0 Å². The van der Waals surface area contributed by atoms with Gasteiger partial charge >= 0.3 is 5.97 Å². The van der Waals surface area contributed by atoms with Crippen LogP contribution in [-0.2, 0) is 16.1 Å². The minimum Gasteiger partial charge on any atom is -0.479 e. The van der Waals surface area contributed by atoms with Crippen LogP contribution in [0.15, 0.2) is 30.5 Å².